The molecule has 1 aromatic carbocycles. The monoisotopic (exact) mass is 440 g/mol. The first kappa shape index (κ1) is 21.5. The molecular formula is C23H22F2N4O3. The van der Waals surface area contributed by atoms with E-state index in [2.05, 4.69) is 9.97 Å². The lowest BCUT2D eigenvalue weighted by molar-refractivity contribution is -0.137. The average molecular weight is 440 g/mol. The molecule has 0 N–H and O–H groups in total. The summed E-state index contributed by atoms with van der Waals surface area (Å²) >= 11 is 0. The molecule has 1 fully saturated rings. The van der Waals surface area contributed by atoms with E-state index in [4.69, 9.17) is 9.47 Å². The third kappa shape index (κ3) is 4.18. The maximum absolute atomic E-state index is 14.1. The number of benzene rings is 1. The van der Waals surface area contributed by atoms with Gasteiger partial charge in [-0.25, -0.2) is 4.98 Å². The molecular weight excluding hydrogens is 418 g/mol. The molecule has 3 aromatic rings. The molecule has 4 rings (SSSR count). The van der Waals surface area contributed by atoms with E-state index < -0.39 is 17.9 Å². The summed E-state index contributed by atoms with van der Waals surface area (Å²) in [4.78, 5) is 22.0. The number of ether oxygens (including phenoxy) is 2. The van der Waals surface area contributed by atoms with E-state index in [0.29, 0.717) is 11.3 Å². The normalized spacial score (nSPS) is 16.2. The quantitative estimate of drug-likeness (QED) is 0.446. The van der Waals surface area contributed by atoms with Crippen molar-refractivity contribution >= 4 is 12.0 Å². The highest BCUT2D eigenvalue weighted by Crippen LogP contribution is 2.29. The molecule has 0 spiro atoms. The van der Waals surface area contributed by atoms with Gasteiger partial charge in [-0.2, -0.15) is 13.8 Å². The van der Waals surface area contributed by atoms with Crippen molar-refractivity contribution in [2.45, 2.75) is 19.9 Å². The molecule has 3 heterocycles. The summed E-state index contributed by atoms with van der Waals surface area (Å²) in [5.41, 5.74) is 2.53. The Hall–Kier alpha value is -3.75. The van der Waals surface area contributed by atoms with Gasteiger partial charge in [0.1, 0.15) is 12.4 Å². The molecule has 0 bridgehead atoms. The van der Waals surface area contributed by atoms with Crippen LogP contribution < -0.4 is 4.74 Å². The fourth-order valence-electron chi connectivity index (χ4n) is 3.64. The predicted molar refractivity (Wildman–Crippen MR) is 113 cm³/mol. The smallest absolute Gasteiger partial charge is 0.289 e. The Balaban J connectivity index is 1.60. The molecule has 0 radical (unpaired) electrons. The predicted octanol–water partition coefficient (Wildman–Crippen LogP) is 3.82. The first-order valence-electron chi connectivity index (χ1n) is 10.0. The lowest BCUT2D eigenvalue weighted by Gasteiger charge is -2.33. The van der Waals surface area contributed by atoms with Crippen LogP contribution >= 0.6 is 0 Å². The van der Waals surface area contributed by atoms with Crippen LogP contribution in [0.2, 0.25) is 0 Å². The van der Waals surface area contributed by atoms with Gasteiger partial charge in [-0.05, 0) is 49.8 Å². The van der Waals surface area contributed by atoms with Gasteiger partial charge in [-0.1, -0.05) is 6.07 Å². The largest absolute Gasteiger partial charge is 0.495 e. The number of carbonyl (C=O) groups is 1. The van der Waals surface area contributed by atoms with E-state index >= 15 is 0 Å². The van der Waals surface area contributed by atoms with Gasteiger partial charge in [0.2, 0.25) is 11.9 Å². The average Bonchev–Trinajstić information content (AvgIpc) is 3.20. The zero-order valence-electron chi connectivity index (χ0n) is 17.9. The zero-order valence-corrected chi connectivity index (χ0v) is 17.9. The standard InChI is InChI=1S/C23H22F2N4O3/c1-14-12-28(13-26-14)18-6-4-16(10-19(18)31-3)11-20-23(30)29(8-9-32-20)15(2)17-5-7-21(24)27-22(17)25/h4-7,10-13,15H,8-9H2,1-3H3/t15-/m0/s1. The minimum Gasteiger partial charge on any atom is -0.495 e. The van der Waals surface area contributed by atoms with Crippen molar-refractivity contribution in [3.63, 3.8) is 0 Å². The van der Waals surface area contributed by atoms with Gasteiger partial charge in [0, 0.05) is 11.8 Å². The number of hydrogen-bond donors (Lipinski definition) is 0. The molecule has 1 aliphatic rings. The van der Waals surface area contributed by atoms with E-state index in [0.717, 1.165) is 17.4 Å². The molecule has 7 nitrogen and oxygen atoms in total. The van der Waals surface area contributed by atoms with Crippen molar-refractivity contribution in [2.24, 2.45) is 0 Å². The highest BCUT2D eigenvalue weighted by molar-refractivity contribution is 5.96. The van der Waals surface area contributed by atoms with Crippen LogP contribution in [0.15, 0.2) is 48.6 Å². The third-order valence-electron chi connectivity index (χ3n) is 5.31. The Kier molecular flexibility index (Phi) is 5.89. The second-order valence-electron chi connectivity index (χ2n) is 7.40. The van der Waals surface area contributed by atoms with Gasteiger partial charge in [0.05, 0.1) is 37.4 Å². The molecule has 32 heavy (non-hydrogen) atoms. The van der Waals surface area contributed by atoms with Crippen LogP contribution in [0.5, 0.6) is 5.75 Å². The van der Waals surface area contributed by atoms with Gasteiger partial charge in [0.15, 0.2) is 5.76 Å². The van der Waals surface area contributed by atoms with Crippen LogP contribution in [0.1, 0.15) is 29.8 Å². The number of pyridine rings is 1. The van der Waals surface area contributed by atoms with Crippen LogP contribution in [0.25, 0.3) is 11.8 Å². The Labute approximate surface area is 183 Å². The summed E-state index contributed by atoms with van der Waals surface area (Å²) in [6, 6.07) is 7.23. The molecule has 1 saturated heterocycles. The number of amides is 1. The van der Waals surface area contributed by atoms with Crippen molar-refractivity contribution in [1.29, 1.82) is 0 Å². The van der Waals surface area contributed by atoms with Crippen LogP contribution in [-0.4, -0.2) is 45.6 Å². The summed E-state index contributed by atoms with van der Waals surface area (Å²) in [6.45, 7) is 4.09. The van der Waals surface area contributed by atoms with E-state index in [1.165, 1.54) is 11.0 Å². The fraction of sp³-hybridized carbons (Fsp3) is 0.261. The molecule has 0 unspecified atom stereocenters. The number of nitrogens with zero attached hydrogens (tertiary/aromatic N) is 4. The van der Waals surface area contributed by atoms with Gasteiger partial charge < -0.3 is 18.9 Å². The first-order chi connectivity index (χ1) is 15.4. The van der Waals surface area contributed by atoms with Crippen molar-refractivity contribution in [1.82, 2.24) is 19.4 Å². The van der Waals surface area contributed by atoms with Crippen molar-refractivity contribution in [3.05, 3.63) is 77.3 Å². The Bertz CT molecular complexity index is 1190. The molecule has 1 amide bonds. The maximum atomic E-state index is 14.1. The Morgan fingerprint density at radius 1 is 1.25 bits per heavy atom. The van der Waals surface area contributed by atoms with E-state index in [1.54, 1.807) is 32.5 Å². The Morgan fingerprint density at radius 2 is 2.06 bits per heavy atom. The van der Waals surface area contributed by atoms with Crippen LogP contribution in [0.4, 0.5) is 8.78 Å². The second kappa shape index (κ2) is 8.78. The van der Waals surface area contributed by atoms with Crippen molar-refractivity contribution < 1.29 is 23.0 Å². The van der Waals surface area contributed by atoms with Crippen molar-refractivity contribution in [2.75, 3.05) is 20.3 Å². The SMILES string of the molecule is COc1cc(C=C2OCCN([C@@H](C)c3ccc(F)nc3F)C2=O)ccc1-n1cnc(C)c1. The van der Waals surface area contributed by atoms with Gasteiger partial charge in [-0.3, -0.25) is 4.79 Å². The van der Waals surface area contributed by atoms with Crippen LogP contribution in [0.3, 0.4) is 0 Å². The summed E-state index contributed by atoms with van der Waals surface area (Å²) in [7, 11) is 1.57. The summed E-state index contributed by atoms with van der Waals surface area (Å²) in [5, 5.41) is 0. The van der Waals surface area contributed by atoms with Gasteiger partial charge in [0.25, 0.3) is 5.91 Å². The molecule has 2 aromatic heterocycles. The number of imidazole rings is 1. The minimum atomic E-state index is -0.933. The number of aryl methyl sites for hydroxylation is 1. The molecule has 0 saturated carbocycles. The molecule has 1 aliphatic heterocycles. The summed E-state index contributed by atoms with van der Waals surface area (Å²) < 4.78 is 40.2. The fourth-order valence-corrected chi connectivity index (χ4v) is 3.64. The number of methoxy groups -OCH3 is 1. The van der Waals surface area contributed by atoms with E-state index in [-0.39, 0.29) is 30.4 Å². The van der Waals surface area contributed by atoms with Crippen LogP contribution in [-0.2, 0) is 9.53 Å². The number of rotatable bonds is 5. The Morgan fingerprint density at radius 3 is 2.75 bits per heavy atom. The number of carbonyl (C=O) groups excluding carboxylic acids is 1. The van der Waals surface area contributed by atoms with E-state index in [9.17, 15) is 13.6 Å². The van der Waals surface area contributed by atoms with Crippen LogP contribution in [0, 0.1) is 18.8 Å². The molecule has 1 atom stereocenters. The summed E-state index contributed by atoms with van der Waals surface area (Å²) in [6.07, 6.45) is 5.19. The lowest BCUT2D eigenvalue weighted by atomic mass is 10.1. The second-order valence-corrected chi connectivity index (χ2v) is 7.40. The number of halogens is 2. The number of aromatic nitrogens is 3. The van der Waals surface area contributed by atoms with Crippen molar-refractivity contribution in [3.8, 4) is 11.4 Å². The lowest BCUT2D eigenvalue weighted by Crippen LogP contribution is -2.42. The number of hydrogen-bond acceptors (Lipinski definition) is 5. The highest BCUT2D eigenvalue weighted by Gasteiger charge is 2.31. The minimum absolute atomic E-state index is 0.131. The van der Waals surface area contributed by atoms with E-state index in [1.807, 2.05) is 29.8 Å². The number of morpholine rings is 1. The molecule has 166 valence electrons. The molecule has 0 aliphatic carbocycles. The van der Waals surface area contributed by atoms with Gasteiger partial charge in [-0.15, -0.1) is 0 Å². The maximum Gasteiger partial charge on any atom is 0.289 e. The van der Waals surface area contributed by atoms with Gasteiger partial charge >= 0.3 is 0 Å². The first-order valence-corrected chi connectivity index (χ1v) is 10.0. The summed E-state index contributed by atoms with van der Waals surface area (Å²) in [5.74, 6) is -1.50. The molecule has 9 heteroatoms. The zero-order chi connectivity index (χ0) is 22.8. The highest BCUT2D eigenvalue weighted by atomic mass is 19.1. The third-order valence-corrected chi connectivity index (χ3v) is 5.31. The topological polar surface area (TPSA) is 69.5 Å².